The number of nitrogens with one attached hydrogen (secondary N) is 1. The average Bonchev–Trinajstić information content (AvgIpc) is 2.97. The molecule has 0 unspecified atom stereocenters. The van der Waals surface area contributed by atoms with Crippen LogP contribution in [0.5, 0.6) is 0 Å². The number of carboxylic acid groups (broad SMARTS) is 1. The highest BCUT2D eigenvalue weighted by atomic mass is 32.2. The topological polar surface area (TPSA) is 118 Å². The SMILES string of the molecule is COCc1cc(NC(=O)c2cc(S(=O)(=O)N(C)C)cn2C)cc(C(=O)O)c1. The first-order chi connectivity index (χ1) is 12.6. The maximum atomic E-state index is 12.6. The molecule has 2 rings (SSSR count). The van der Waals surface area contributed by atoms with Crippen molar-refractivity contribution in [3.63, 3.8) is 0 Å². The number of aromatic carboxylic acids is 1. The monoisotopic (exact) mass is 395 g/mol. The number of hydrogen-bond acceptors (Lipinski definition) is 5. The molecule has 0 radical (unpaired) electrons. The summed E-state index contributed by atoms with van der Waals surface area (Å²) in [7, 11) is 2.14. The van der Waals surface area contributed by atoms with Crippen molar-refractivity contribution in [3.8, 4) is 0 Å². The predicted octanol–water partition coefficient (Wildman–Crippen LogP) is 1.37. The Balaban J connectivity index is 2.35. The minimum Gasteiger partial charge on any atom is -0.478 e. The number of carbonyl (C=O) groups excluding carboxylic acids is 1. The lowest BCUT2D eigenvalue weighted by Crippen LogP contribution is -2.21. The predicted molar refractivity (Wildman–Crippen MR) is 98.4 cm³/mol. The molecule has 0 saturated carbocycles. The average molecular weight is 395 g/mol. The molecular weight excluding hydrogens is 374 g/mol. The minimum atomic E-state index is -3.68. The molecule has 0 spiro atoms. The van der Waals surface area contributed by atoms with Crippen LogP contribution in [0.15, 0.2) is 35.4 Å². The first-order valence-corrected chi connectivity index (χ1v) is 9.26. The fraction of sp³-hybridized carbons (Fsp3) is 0.294. The molecule has 146 valence electrons. The minimum absolute atomic E-state index is 0.00241. The maximum Gasteiger partial charge on any atom is 0.335 e. The summed E-state index contributed by atoms with van der Waals surface area (Å²) in [4.78, 5) is 23.8. The van der Waals surface area contributed by atoms with Gasteiger partial charge in [-0.15, -0.1) is 0 Å². The molecule has 0 aliphatic heterocycles. The third-order valence-corrected chi connectivity index (χ3v) is 5.58. The number of anilines is 1. The number of amides is 1. The van der Waals surface area contributed by atoms with Crippen LogP contribution < -0.4 is 5.32 Å². The van der Waals surface area contributed by atoms with Gasteiger partial charge in [-0.2, -0.15) is 0 Å². The van der Waals surface area contributed by atoms with E-state index in [2.05, 4.69) is 5.32 Å². The van der Waals surface area contributed by atoms with Crippen molar-refractivity contribution in [1.29, 1.82) is 0 Å². The van der Waals surface area contributed by atoms with E-state index in [0.717, 1.165) is 4.31 Å². The Bertz CT molecular complexity index is 979. The van der Waals surface area contributed by atoms with E-state index < -0.39 is 21.9 Å². The van der Waals surface area contributed by atoms with Gasteiger partial charge in [-0.1, -0.05) is 0 Å². The van der Waals surface area contributed by atoms with E-state index in [4.69, 9.17) is 4.74 Å². The fourth-order valence-electron chi connectivity index (χ4n) is 2.44. The molecule has 1 amide bonds. The van der Waals surface area contributed by atoms with Crippen molar-refractivity contribution < 1.29 is 27.9 Å². The summed E-state index contributed by atoms with van der Waals surface area (Å²) < 4.78 is 31.9. The summed E-state index contributed by atoms with van der Waals surface area (Å²) in [5, 5.41) is 11.8. The van der Waals surface area contributed by atoms with Crippen LogP contribution >= 0.6 is 0 Å². The van der Waals surface area contributed by atoms with Gasteiger partial charge in [-0.25, -0.2) is 17.5 Å². The molecule has 1 aromatic heterocycles. The lowest BCUT2D eigenvalue weighted by molar-refractivity contribution is 0.0696. The third kappa shape index (κ3) is 4.54. The van der Waals surface area contributed by atoms with Gasteiger partial charge in [0, 0.05) is 40.1 Å². The summed E-state index contributed by atoms with van der Waals surface area (Å²) in [6, 6.07) is 5.63. The van der Waals surface area contributed by atoms with Crippen LogP contribution in [0.25, 0.3) is 0 Å². The van der Waals surface area contributed by atoms with Crippen molar-refractivity contribution >= 4 is 27.6 Å². The second-order valence-corrected chi connectivity index (χ2v) is 8.22. The van der Waals surface area contributed by atoms with Crippen molar-refractivity contribution in [3.05, 3.63) is 47.3 Å². The first kappa shape index (κ1) is 20.6. The van der Waals surface area contributed by atoms with Crippen molar-refractivity contribution in [2.45, 2.75) is 11.5 Å². The van der Waals surface area contributed by atoms with Crippen LogP contribution in [0.1, 0.15) is 26.4 Å². The summed E-state index contributed by atoms with van der Waals surface area (Å²) in [6.07, 6.45) is 1.34. The molecule has 0 aliphatic carbocycles. The number of aromatic nitrogens is 1. The molecule has 1 aromatic carbocycles. The molecule has 9 nitrogen and oxygen atoms in total. The van der Waals surface area contributed by atoms with Gasteiger partial charge in [0.15, 0.2) is 0 Å². The molecule has 2 N–H and O–H groups in total. The van der Waals surface area contributed by atoms with Crippen LogP contribution in [-0.4, -0.2) is 55.5 Å². The Morgan fingerprint density at radius 1 is 1.22 bits per heavy atom. The number of carboxylic acids is 1. The molecule has 0 bridgehead atoms. The third-order valence-electron chi connectivity index (χ3n) is 3.80. The second kappa shape index (κ2) is 7.91. The van der Waals surface area contributed by atoms with Crippen LogP contribution in [0.2, 0.25) is 0 Å². The summed E-state index contributed by atoms with van der Waals surface area (Å²) in [5.41, 5.74) is 0.965. The molecule has 1 heterocycles. The van der Waals surface area contributed by atoms with Gasteiger partial charge in [0.2, 0.25) is 10.0 Å². The molecule has 10 heteroatoms. The zero-order valence-corrected chi connectivity index (χ0v) is 16.2. The Morgan fingerprint density at radius 2 is 1.89 bits per heavy atom. The Kier molecular flexibility index (Phi) is 6.04. The Morgan fingerprint density at radius 3 is 2.44 bits per heavy atom. The summed E-state index contributed by atoms with van der Waals surface area (Å²) >= 11 is 0. The number of carbonyl (C=O) groups is 2. The number of benzene rings is 1. The number of rotatable bonds is 7. The molecule has 0 aliphatic rings. The van der Waals surface area contributed by atoms with Crippen molar-refractivity contribution in [2.75, 3.05) is 26.5 Å². The molecule has 2 aromatic rings. The van der Waals surface area contributed by atoms with Crippen molar-refractivity contribution in [1.82, 2.24) is 8.87 Å². The van der Waals surface area contributed by atoms with E-state index in [9.17, 15) is 23.1 Å². The Hall–Kier alpha value is -2.69. The lowest BCUT2D eigenvalue weighted by atomic mass is 10.1. The highest BCUT2D eigenvalue weighted by Crippen LogP contribution is 2.20. The quantitative estimate of drug-likeness (QED) is 0.731. The zero-order valence-electron chi connectivity index (χ0n) is 15.4. The maximum absolute atomic E-state index is 12.6. The fourth-order valence-corrected chi connectivity index (χ4v) is 3.42. The Labute approximate surface area is 157 Å². The van der Waals surface area contributed by atoms with E-state index in [0.29, 0.717) is 5.56 Å². The van der Waals surface area contributed by atoms with Gasteiger partial charge < -0.3 is 19.7 Å². The van der Waals surface area contributed by atoms with Gasteiger partial charge in [0.25, 0.3) is 5.91 Å². The number of hydrogen-bond donors (Lipinski definition) is 2. The van der Waals surface area contributed by atoms with E-state index in [-0.39, 0.29) is 28.4 Å². The smallest absolute Gasteiger partial charge is 0.335 e. The van der Waals surface area contributed by atoms with Gasteiger partial charge in [-0.05, 0) is 29.8 Å². The van der Waals surface area contributed by atoms with E-state index in [1.165, 1.54) is 50.2 Å². The molecular formula is C17H21N3O6S. The van der Waals surface area contributed by atoms with E-state index in [1.54, 1.807) is 13.1 Å². The van der Waals surface area contributed by atoms with Crippen LogP contribution in [0, 0.1) is 0 Å². The van der Waals surface area contributed by atoms with Crippen LogP contribution in [-0.2, 0) is 28.4 Å². The number of nitrogens with zero attached hydrogens (tertiary/aromatic N) is 2. The number of ether oxygens (including phenoxy) is 1. The molecule has 0 fully saturated rings. The number of sulfonamides is 1. The van der Waals surface area contributed by atoms with Gasteiger partial charge in [0.1, 0.15) is 10.6 Å². The van der Waals surface area contributed by atoms with Gasteiger partial charge in [0.05, 0.1) is 12.2 Å². The second-order valence-electron chi connectivity index (χ2n) is 6.07. The molecule has 0 saturated heterocycles. The lowest BCUT2D eigenvalue weighted by Gasteiger charge is -2.10. The van der Waals surface area contributed by atoms with Gasteiger partial charge >= 0.3 is 5.97 Å². The molecule has 27 heavy (non-hydrogen) atoms. The largest absolute Gasteiger partial charge is 0.478 e. The summed E-state index contributed by atoms with van der Waals surface area (Å²) in [6.45, 7) is 0.180. The highest BCUT2D eigenvalue weighted by Gasteiger charge is 2.22. The van der Waals surface area contributed by atoms with Crippen LogP contribution in [0.4, 0.5) is 5.69 Å². The highest BCUT2D eigenvalue weighted by molar-refractivity contribution is 7.89. The number of methoxy groups -OCH3 is 1. The van der Waals surface area contributed by atoms with Crippen LogP contribution in [0.3, 0.4) is 0 Å². The normalized spacial score (nSPS) is 11.6. The zero-order chi connectivity index (χ0) is 20.4. The van der Waals surface area contributed by atoms with E-state index in [1.807, 2.05) is 0 Å². The van der Waals surface area contributed by atoms with Gasteiger partial charge in [-0.3, -0.25) is 4.79 Å². The molecule has 0 atom stereocenters. The van der Waals surface area contributed by atoms with E-state index >= 15 is 0 Å². The first-order valence-electron chi connectivity index (χ1n) is 7.82. The standard InChI is InChI=1S/C17H21N3O6S/c1-19(2)27(24,25)14-8-15(20(3)9-14)16(21)18-13-6-11(10-26-4)5-12(7-13)17(22)23/h5-9H,10H2,1-4H3,(H,18,21)(H,22,23). The van der Waals surface area contributed by atoms with Crippen molar-refractivity contribution in [2.24, 2.45) is 7.05 Å². The summed E-state index contributed by atoms with van der Waals surface area (Å²) in [5.74, 6) is -1.70. The number of aryl methyl sites for hydroxylation is 1.